The van der Waals surface area contributed by atoms with Gasteiger partial charge in [0, 0.05) is 16.2 Å². The second-order valence-corrected chi connectivity index (χ2v) is 5.79. The minimum atomic E-state index is -0.0702. The second-order valence-electron chi connectivity index (χ2n) is 3.78. The van der Waals surface area contributed by atoms with Crippen LogP contribution in [0, 0.1) is 10.5 Å². The lowest BCUT2D eigenvalue weighted by Crippen LogP contribution is -2.26. The van der Waals surface area contributed by atoms with Gasteiger partial charge in [0.05, 0.1) is 10.1 Å². The molecule has 18 heavy (non-hydrogen) atoms. The zero-order valence-corrected chi connectivity index (χ0v) is 13.1. The van der Waals surface area contributed by atoms with Crippen LogP contribution in [-0.4, -0.2) is 9.55 Å². The van der Waals surface area contributed by atoms with Gasteiger partial charge in [-0.1, -0.05) is 23.2 Å². The maximum atomic E-state index is 12.0. The molecule has 0 unspecified atom stereocenters. The van der Waals surface area contributed by atoms with Gasteiger partial charge in [0.1, 0.15) is 5.82 Å². The van der Waals surface area contributed by atoms with Crippen molar-refractivity contribution < 1.29 is 0 Å². The number of rotatable bonds is 2. The molecular formula is C12H9Cl2IN2O. The zero-order chi connectivity index (χ0) is 13.3. The van der Waals surface area contributed by atoms with Gasteiger partial charge in [0.25, 0.3) is 5.56 Å². The number of benzene rings is 1. The third-order valence-corrected chi connectivity index (χ3v) is 3.88. The maximum absolute atomic E-state index is 12.0. The Morgan fingerprint density at radius 1 is 1.39 bits per heavy atom. The van der Waals surface area contributed by atoms with E-state index in [4.69, 9.17) is 23.2 Å². The average Bonchev–Trinajstić information content (AvgIpc) is 2.34. The lowest BCUT2D eigenvalue weighted by Gasteiger charge is -2.11. The monoisotopic (exact) mass is 394 g/mol. The Morgan fingerprint density at radius 3 is 2.83 bits per heavy atom. The van der Waals surface area contributed by atoms with Crippen molar-refractivity contribution in [2.24, 2.45) is 0 Å². The predicted molar refractivity (Wildman–Crippen MR) is 81.5 cm³/mol. The first-order chi connectivity index (χ1) is 8.49. The molecule has 0 atom stereocenters. The van der Waals surface area contributed by atoms with Crippen molar-refractivity contribution in [3.05, 3.63) is 59.8 Å². The van der Waals surface area contributed by atoms with Crippen molar-refractivity contribution in [1.82, 2.24) is 9.55 Å². The molecule has 94 valence electrons. The smallest absolute Gasteiger partial charge is 0.267 e. The Bertz CT molecular complexity index is 655. The van der Waals surface area contributed by atoms with E-state index in [9.17, 15) is 4.79 Å². The summed E-state index contributed by atoms with van der Waals surface area (Å²) in [5.41, 5.74) is 0.734. The summed E-state index contributed by atoms with van der Waals surface area (Å²) >= 11 is 14.0. The van der Waals surface area contributed by atoms with Crippen molar-refractivity contribution in [1.29, 1.82) is 0 Å². The van der Waals surface area contributed by atoms with Crippen LogP contribution in [0.5, 0.6) is 0 Å². The second kappa shape index (κ2) is 5.59. The van der Waals surface area contributed by atoms with E-state index in [1.807, 2.05) is 22.6 Å². The molecule has 3 nitrogen and oxygen atoms in total. The van der Waals surface area contributed by atoms with Crippen molar-refractivity contribution in [2.45, 2.75) is 13.5 Å². The van der Waals surface area contributed by atoms with Crippen LogP contribution in [-0.2, 0) is 6.54 Å². The molecule has 0 amide bonds. The maximum Gasteiger partial charge on any atom is 0.267 e. The highest BCUT2D eigenvalue weighted by molar-refractivity contribution is 14.1. The Hall–Kier alpha value is -0.590. The summed E-state index contributed by atoms with van der Waals surface area (Å²) in [5.74, 6) is 0.649. The van der Waals surface area contributed by atoms with E-state index in [1.165, 1.54) is 0 Å². The van der Waals surface area contributed by atoms with E-state index < -0.39 is 0 Å². The van der Waals surface area contributed by atoms with Crippen LogP contribution in [0.1, 0.15) is 11.4 Å². The molecule has 0 radical (unpaired) electrons. The molecule has 2 rings (SSSR count). The van der Waals surface area contributed by atoms with Crippen LogP contribution in [0.15, 0.2) is 29.2 Å². The molecule has 0 N–H and O–H groups in total. The van der Waals surface area contributed by atoms with Crippen LogP contribution < -0.4 is 5.56 Å². The highest BCUT2D eigenvalue weighted by Gasteiger charge is 2.08. The van der Waals surface area contributed by atoms with Gasteiger partial charge < -0.3 is 0 Å². The molecule has 0 aliphatic carbocycles. The standard InChI is InChI=1S/C12H9Cl2IN2O/c1-7-16-5-11(15)12(18)17(7)6-8-4-9(13)2-3-10(8)14/h2-5H,6H2,1H3. The number of aromatic nitrogens is 2. The van der Waals surface area contributed by atoms with Crippen LogP contribution in [0.3, 0.4) is 0 Å². The summed E-state index contributed by atoms with van der Waals surface area (Å²) in [5, 5.41) is 1.18. The van der Waals surface area contributed by atoms with Crippen LogP contribution in [0.25, 0.3) is 0 Å². The van der Waals surface area contributed by atoms with Gasteiger partial charge in [-0.2, -0.15) is 0 Å². The Kier molecular flexibility index (Phi) is 4.29. The first-order valence-corrected chi connectivity index (χ1v) is 6.98. The van der Waals surface area contributed by atoms with Gasteiger partial charge in [0.2, 0.25) is 0 Å². The molecular weight excluding hydrogens is 386 g/mol. The molecule has 1 aromatic heterocycles. The van der Waals surface area contributed by atoms with E-state index in [0.717, 1.165) is 5.56 Å². The first kappa shape index (κ1) is 13.8. The summed E-state index contributed by atoms with van der Waals surface area (Å²) in [7, 11) is 0. The highest BCUT2D eigenvalue weighted by atomic mass is 127. The zero-order valence-electron chi connectivity index (χ0n) is 9.45. The molecule has 0 fully saturated rings. The third-order valence-electron chi connectivity index (χ3n) is 2.54. The summed E-state index contributed by atoms with van der Waals surface area (Å²) in [6.45, 7) is 2.16. The lowest BCUT2D eigenvalue weighted by molar-refractivity contribution is 0.695. The van der Waals surface area contributed by atoms with Crippen LogP contribution in [0.2, 0.25) is 10.0 Å². The van der Waals surface area contributed by atoms with Gasteiger partial charge in [-0.25, -0.2) is 4.98 Å². The van der Waals surface area contributed by atoms with Crippen LogP contribution >= 0.6 is 45.8 Å². The van der Waals surface area contributed by atoms with E-state index in [1.54, 1.807) is 35.9 Å². The fourth-order valence-electron chi connectivity index (χ4n) is 1.57. The first-order valence-electron chi connectivity index (χ1n) is 5.15. The number of hydrogen-bond donors (Lipinski definition) is 0. The summed E-state index contributed by atoms with van der Waals surface area (Å²) < 4.78 is 2.16. The molecule has 0 aliphatic rings. The summed E-state index contributed by atoms with van der Waals surface area (Å²) in [4.78, 5) is 16.2. The van der Waals surface area contributed by atoms with E-state index in [-0.39, 0.29) is 5.56 Å². The summed E-state index contributed by atoms with van der Waals surface area (Å²) in [6, 6.07) is 5.20. The fourth-order valence-corrected chi connectivity index (χ4v) is 2.37. The lowest BCUT2D eigenvalue weighted by atomic mass is 10.2. The van der Waals surface area contributed by atoms with Crippen molar-refractivity contribution in [2.75, 3.05) is 0 Å². The SMILES string of the molecule is Cc1ncc(I)c(=O)n1Cc1cc(Cl)ccc1Cl. The minimum Gasteiger partial charge on any atom is -0.291 e. The molecule has 2 aromatic rings. The average molecular weight is 395 g/mol. The molecule has 0 spiro atoms. The Labute approximate surface area is 128 Å². The quantitative estimate of drug-likeness (QED) is 0.730. The molecule has 0 saturated heterocycles. The van der Waals surface area contributed by atoms with Crippen molar-refractivity contribution in [3.63, 3.8) is 0 Å². The molecule has 0 saturated carbocycles. The van der Waals surface area contributed by atoms with Gasteiger partial charge in [-0.05, 0) is 53.3 Å². The number of aryl methyl sites for hydroxylation is 1. The van der Waals surface area contributed by atoms with E-state index in [0.29, 0.717) is 26.0 Å². The predicted octanol–water partition coefficient (Wildman–Crippen LogP) is 3.51. The topological polar surface area (TPSA) is 34.9 Å². The van der Waals surface area contributed by atoms with Gasteiger partial charge in [0.15, 0.2) is 0 Å². The molecule has 0 bridgehead atoms. The van der Waals surface area contributed by atoms with Crippen molar-refractivity contribution >= 4 is 45.8 Å². The van der Waals surface area contributed by atoms with Crippen LogP contribution in [0.4, 0.5) is 0 Å². The van der Waals surface area contributed by atoms with Gasteiger partial charge in [-0.15, -0.1) is 0 Å². The number of nitrogens with zero attached hydrogens (tertiary/aromatic N) is 2. The molecule has 0 aliphatic heterocycles. The Balaban J connectivity index is 2.49. The van der Waals surface area contributed by atoms with E-state index in [2.05, 4.69) is 4.98 Å². The summed E-state index contributed by atoms with van der Waals surface area (Å²) in [6.07, 6.45) is 1.56. The highest BCUT2D eigenvalue weighted by Crippen LogP contribution is 2.21. The fraction of sp³-hybridized carbons (Fsp3) is 0.167. The minimum absolute atomic E-state index is 0.0702. The largest absolute Gasteiger partial charge is 0.291 e. The third kappa shape index (κ3) is 2.87. The molecule has 1 aromatic carbocycles. The number of hydrogen-bond acceptors (Lipinski definition) is 2. The van der Waals surface area contributed by atoms with Crippen molar-refractivity contribution in [3.8, 4) is 0 Å². The molecule has 6 heteroatoms. The Morgan fingerprint density at radius 2 is 2.11 bits per heavy atom. The normalized spacial score (nSPS) is 10.7. The van der Waals surface area contributed by atoms with E-state index >= 15 is 0 Å². The van der Waals surface area contributed by atoms with Gasteiger partial charge >= 0.3 is 0 Å². The number of halogens is 3. The molecule has 1 heterocycles. The van der Waals surface area contributed by atoms with Gasteiger partial charge in [-0.3, -0.25) is 9.36 Å².